The number of rotatable bonds is 5. The molecule has 0 radical (unpaired) electrons. The van der Waals surface area contributed by atoms with Crippen molar-refractivity contribution in [2.24, 2.45) is 11.7 Å². The third kappa shape index (κ3) is 4.10. The summed E-state index contributed by atoms with van der Waals surface area (Å²) in [5, 5.41) is 2.29. The van der Waals surface area contributed by atoms with Gasteiger partial charge in [-0.2, -0.15) is 13.2 Å². The highest BCUT2D eigenvalue weighted by Crippen LogP contribution is 2.37. The third-order valence-corrected chi connectivity index (χ3v) is 3.45. The van der Waals surface area contributed by atoms with Gasteiger partial charge in [0.05, 0.1) is 18.4 Å². The molecule has 1 aliphatic rings. The largest absolute Gasteiger partial charge is 0.497 e. The predicted octanol–water partition coefficient (Wildman–Crippen LogP) is 2.78. The number of carbonyl (C=O) groups is 1. The van der Waals surface area contributed by atoms with Crippen molar-refractivity contribution < 1.29 is 22.7 Å². The van der Waals surface area contributed by atoms with Crippen molar-refractivity contribution in [1.29, 1.82) is 0 Å². The molecule has 1 aromatic carbocycles. The fourth-order valence-corrected chi connectivity index (χ4v) is 2.10. The van der Waals surface area contributed by atoms with Gasteiger partial charge in [0.1, 0.15) is 5.75 Å². The Balaban J connectivity index is 2.12. The number of methoxy groups -OCH3 is 1. The van der Waals surface area contributed by atoms with Crippen molar-refractivity contribution in [2.45, 2.75) is 31.5 Å². The Hall–Kier alpha value is -1.76. The molecule has 0 aromatic heterocycles. The van der Waals surface area contributed by atoms with Crippen molar-refractivity contribution >= 4 is 11.6 Å². The first-order valence-electron chi connectivity index (χ1n) is 6.62. The van der Waals surface area contributed by atoms with Crippen LogP contribution in [0.2, 0.25) is 0 Å². The molecule has 0 saturated heterocycles. The molecule has 1 aromatic rings. The van der Waals surface area contributed by atoms with Crippen LogP contribution >= 0.6 is 0 Å². The Bertz CT molecular complexity index is 527. The minimum atomic E-state index is -4.57. The average Bonchev–Trinajstić information content (AvgIpc) is 3.22. The smallest absolute Gasteiger partial charge is 0.418 e. The monoisotopic (exact) mass is 302 g/mol. The highest BCUT2D eigenvalue weighted by atomic mass is 19.4. The van der Waals surface area contributed by atoms with Crippen LogP contribution in [0.4, 0.5) is 18.9 Å². The number of hydrogen-bond donors (Lipinski definition) is 2. The van der Waals surface area contributed by atoms with E-state index < -0.39 is 17.6 Å². The van der Waals surface area contributed by atoms with Crippen LogP contribution in [0.1, 0.15) is 24.8 Å². The van der Waals surface area contributed by atoms with Crippen LogP contribution in [0.25, 0.3) is 0 Å². The zero-order valence-corrected chi connectivity index (χ0v) is 11.5. The first-order valence-corrected chi connectivity index (χ1v) is 6.62. The second-order valence-electron chi connectivity index (χ2n) is 5.16. The van der Waals surface area contributed by atoms with Crippen LogP contribution in [0.3, 0.4) is 0 Å². The normalized spacial score (nSPS) is 16.4. The Kier molecular flexibility index (Phi) is 4.41. The van der Waals surface area contributed by atoms with E-state index in [1.54, 1.807) is 0 Å². The van der Waals surface area contributed by atoms with Gasteiger partial charge in [0.25, 0.3) is 0 Å². The van der Waals surface area contributed by atoms with Gasteiger partial charge >= 0.3 is 6.18 Å². The van der Waals surface area contributed by atoms with Gasteiger partial charge in [0.15, 0.2) is 0 Å². The quantitative estimate of drug-likeness (QED) is 0.879. The van der Waals surface area contributed by atoms with Gasteiger partial charge in [-0.25, -0.2) is 0 Å². The average molecular weight is 302 g/mol. The number of amides is 1. The van der Waals surface area contributed by atoms with E-state index in [2.05, 4.69) is 5.32 Å². The van der Waals surface area contributed by atoms with Gasteiger partial charge in [-0.15, -0.1) is 0 Å². The topological polar surface area (TPSA) is 64.3 Å². The van der Waals surface area contributed by atoms with E-state index >= 15 is 0 Å². The minimum absolute atomic E-state index is 0.0218. The molecule has 7 heteroatoms. The fraction of sp³-hybridized carbons (Fsp3) is 0.500. The second-order valence-corrected chi connectivity index (χ2v) is 5.16. The summed E-state index contributed by atoms with van der Waals surface area (Å²) in [5.74, 6) is -0.117. The van der Waals surface area contributed by atoms with Crippen LogP contribution < -0.4 is 15.8 Å². The van der Waals surface area contributed by atoms with Crippen LogP contribution in [0, 0.1) is 5.92 Å². The molecule has 1 atom stereocenters. The molecule has 0 aliphatic heterocycles. The van der Waals surface area contributed by atoms with Crippen LogP contribution in [0.5, 0.6) is 5.75 Å². The Labute approximate surface area is 120 Å². The Morgan fingerprint density at radius 3 is 2.67 bits per heavy atom. The van der Waals surface area contributed by atoms with Gasteiger partial charge < -0.3 is 15.8 Å². The van der Waals surface area contributed by atoms with Crippen molar-refractivity contribution in [2.75, 3.05) is 12.4 Å². The van der Waals surface area contributed by atoms with Gasteiger partial charge in [-0.1, -0.05) is 0 Å². The molecule has 1 amide bonds. The first-order chi connectivity index (χ1) is 9.81. The molecule has 0 bridgehead atoms. The van der Waals surface area contributed by atoms with E-state index in [0.717, 1.165) is 18.9 Å². The van der Waals surface area contributed by atoms with Crippen molar-refractivity contribution in [3.8, 4) is 5.75 Å². The number of halogens is 3. The fourth-order valence-electron chi connectivity index (χ4n) is 2.10. The highest BCUT2D eigenvalue weighted by molar-refractivity contribution is 5.92. The number of alkyl halides is 3. The maximum absolute atomic E-state index is 13.0. The van der Waals surface area contributed by atoms with Gasteiger partial charge in [-0.05, 0) is 37.0 Å². The number of benzene rings is 1. The van der Waals surface area contributed by atoms with E-state index in [-0.39, 0.29) is 23.9 Å². The Morgan fingerprint density at radius 1 is 1.48 bits per heavy atom. The summed E-state index contributed by atoms with van der Waals surface area (Å²) in [6.07, 6.45) is -2.60. The van der Waals surface area contributed by atoms with E-state index in [1.807, 2.05) is 0 Å². The lowest BCUT2D eigenvalue weighted by molar-refractivity contribution is -0.137. The maximum Gasteiger partial charge on any atom is 0.418 e. The van der Waals surface area contributed by atoms with Crippen molar-refractivity contribution in [1.82, 2.24) is 0 Å². The van der Waals surface area contributed by atoms with Gasteiger partial charge in [0, 0.05) is 12.5 Å². The molecule has 116 valence electrons. The summed E-state index contributed by atoms with van der Waals surface area (Å²) in [5.41, 5.74) is 4.58. The number of nitrogens with two attached hydrogens (primary N) is 1. The number of ether oxygens (including phenoxy) is 1. The highest BCUT2D eigenvalue weighted by Gasteiger charge is 2.35. The molecular weight excluding hydrogens is 285 g/mol. The summed E-state index contributed by atoms with van der Waals surface area (Å²) >= 11 is 0. The molecule has 21 heavy (non-hydrogen) atoms. The molecule has 1 unspecified atom stereocenters. The second kappa shape index (κ2) is 5.93. The molecule has 1 aliphatic carbocycles. The molecule has 1 fully saturated rings. The van der Waals surface area contributed by atoms with Crippen LogP contribution in [-0.4, -0.2) is 19.1 Å². The summed E-state index contributed by atoms with van der Waals surface area (Å²) in [6.45, 7) is 0. The van der Waals surface area contributed by atoms with Gasteiger partial charge in [0.2, 0.25) is 5.91 Å². The SMILES string of the molecule is COc1ccc(NC(=O)CC(N)C2CC2)c(C(F)(F)F)c1. The predicted molar refractivity (Wildman–Crippen MR) is 71.9 cm³/mol. The molecular formula is C14H17F3N2O2. The van der Waals surface area contributed by atoms with Crippen molar-refractivity contribution in [3.05, 3.63) is 23.8 Å². The lowest BCUT2D eigenvalue weighted by atomic mass is 10.1. The Morgan fingerprint density at radius 2 is 2.14 bits per heavy atom. The van der Waals surface area contributed by atoms with E-state index in [9.17, 15) is 18.0 Å². The molecule has 2 rings (SSSR count). The van der Waals surface area contributed by atoms with Gasteiger partial charge in [-0.3, -0.25) is 4.79 Å². The molecule has 3 N–H and O–H groups in total. The first kappa shape index (κ1) is 15.6. The standard InChI is InChI=1S/C14H17F3N2O2/c1-21-9-4-5-12(10(6-9)14(15,16)17)19-13(20)7-11(18)8-2-3-8/h4-6,8,11H,2-3,7,18H2,1H3,(H,19,20). The molecule has 1 saturated carbocycles. The lowest BCUT2D eigenvalue weighted by Gasteiger charge is -2.16. The lowest BCUT2D eigenvalue weighted by Crippen LogP contribution is -2.29. The maximum atomic E-state index is 13.0. The number of nitrogens with one attached hydrogen (secondary N) is 1. The zero-order chi connectivity index (χ0) is 15.6. The van der Waals surface area contributed by atoms with Crippen molar-refractivity contribution in [3.63, 3.8) is 0 Å². The summed E-state index contributed by atoms with van der Waals surface area (Å²) in [4.78, 5) is 11.8. The number of carbonyl (C=O) groups excluding carboxylic acids is 1. The number of hydrogen-bond acceptors (Lipinski definition) is 3. The van der Waals surface area contributed by atoms with E-state index in [1.165, 1.54) is 19.2 Å². The zero-order valence-electron chi connectivity index (χ0n) is 11.5. The minimum Gasteiger partial charge on any atom is -0.497 e. The molecule has 0 heterocycles. The van der Waals surface area contributed by atoms with E-state index in [0.29, 0.717) is 5.92 Å². The molecule has 0 spiro atoms. The van der Waals surface area contributed by atoms with Crippen LogP contribution in [-0.2, 0) is 11.0 Å². The summed E-state index contributed by atoms with van der Waals surface area (Å²) in [7, 11) is 1.28. The summed E-state index contributed by atoms with van der Waals surface area (Å²) in [6, 6.07) is 3.11. The third-order valence-electron chi connectivity index (χ3n) is 3.45. The summed E-state index contributed by atoms with van der Waals surface area (Å²) < 4.78 is 43.7. The molecule has 4 nitrogen and oxygen atoms in total. The van der Waals surface area contributed by atoms with Crippen LogP contribution in [0.15, 0.2) is 18.2 Å². The number of anilines is 1. The van der Waals surface area contributed by atoms with E-state index in [4.69, 9.17) is 10.5 Å².